The van der Waals surface area contributed by atoms with Gasteiger partial charge in [0.1, 0.15) is 11.5 Å². The lowest BCUT2D eigenvalue weighted by molar-refractivity contribution is 0.0660. The average molecular weight is 290 g/mol. The van der Waals surface area contributed by atoms with Gasteiger partial charge in [0.05, 0.1) is 19.2 Å². The summed E-state index contributed by atoms with van der Waals surface area (Å²) in [6.45, 7) is 0.0583. The number of anilines is 1. The highest BCUT2D eigenvalue weighted by Crippen LogP contribution is 2.19. The van der Waals surface area contributed by atoms with Gasteiger partial charge in [0.2, 0.25) is 5.76 Å². The molecule has 7 nitrogen and oxygen atoms in total. The number of ether oxygens (including phenoxy) is 1. The van der Waals surface area contributed by atoms with Gasteiger partial charge in [-0.05, 0) is 30.3 Å². The fourth-order valence-corrected chi connectivity index (χ4v) is 1.71. The van der Waals surface area contributed by atoms with Crippen molar-refractivity contribution >= 4 is 17.6 Å². The summed E-state index contributed by atoms with van der Waals surface area (Å²) in [5.74, 6) is -0.896. The molecular weight excluding hydrogens is 276 g/mol. The standard InChI is InChI=1S/C14H14N2O5/c1-20-8-2-4-11(15)10(6-8)13(17)16-7-9-3-5-12(21-9)14(18)19/h2-6H,7,15H2,1H3,(H,16,17)(H,18,19). The van der Waals surface area contributed by atoms with Crippen molar-refractivity contribution in [1.29, 1.82) is 0 Å². The van der Waals surface area contributed by atoms with E-state index in [4.69, 9.17) is 20.0 Å². The van der Waals surface area contributed by atoms with Crippen LogP contribution in [0.25, 0.3) is 0 Å². The summed E-state index contributed by atoms with van der Waals surface area (Å²) < 4.78 is 10.1. The Morgan fingerprint density at radius 1 is 1.33 bits per heavy atom. The predicted molar refractivity (Wildman–Crippen MR) is 74.2 cm³/mol. The van der Waals surface area contributed by atoms with E-state index in [9.17, 15) is 9.59 Å². The molecule has 0 atom stereocenters. The van der Waals surface area contributed by atoms with Crippen molar-refractivity contribution in [2.45, 2.75) is 6.54 Å². The van der Waals surface area contributed by atoms with Crippen molar-refractivity contribution in [3.63, 3.8) is 0 Å². The van der Waals surface area contributed by atoms with Crippen LogP contribution in [0.2, 0.25) is 0 Å². The lowest BCUT2D eigenvalue weighted by Gasteiger charge is -2.08. The Labute approximate surface area is 120 Å². The van der Waals surface area contributed by atoms with Gasteiger partial charge in [-0.3, -0.25) is 4.79 Å². The number of carboxylic acids is 1. The van der Waals surface area contributed by atoms with Gasteiger partial charge in [-0.2, -0.15) is 0 Å². The number of nitrogen functional groups attached to an aromatic ring is 1. The van der Waals surface area contributed by atoms with Crippen molar-refractivity contribution in [2.75, 3.05) is 12.8 Å². The molecular formula is C14H14N2O5. The average Bonchev–Trinajstić information content (AvgIpc) is 2.94. The number of carbonyl (C=O) groups excluding carboxylic acids is 1. The van der Waals surface area contributed by atoms with Gasteiger partial charge in [0.25, 0.3) is 5.91 Å². The first kappa shape index (κ1) is 14.4. The molecule has 1 aromatic heterocycles. The summed E-state index contributed by atoms with van der Waals surface area (Å²) >= 11 is 0. The summed E-state index contributed by atoms with van der Waals surface area (Å²) in [5, 5.41) is 11.3. The molecule has 1 aromatic carbocycles. The molecule has 1 heterocycles. The number of aromatic carboxylic acids is 1. The van der Waals surface area contributed by atoms with Gasteiger partial charge in [0, 0.05) is 5.69 Å². The first-order valence-electron chi connectivity index (χ1n) is 6.05. The molecule has 0 aliphatic rings. The van der Waals surface area contributed by atoms with Crippen molar-refractivity contribution in [3.8, 4) is 5.75 Å². The lowest BCUT2D eigenvalue weighted by atomic mass is 10.1. The maximum Gasteiger partial charge on any atom is 0.371 e. The maximum atomic E-state index is 12.0. The lowest BCUT2D eigenvalue weighted by Crippen LogP contribution is -2.23. The van der Waals surface area contributed by atoms with Crippen molar-refractivity contribution in [3.05, 3.63) is 47.4 Å². The van der Waals surface area contributed by atoms with Gasteiger partial charge < -0.3 is 25.3 Å². The fourth-order valence-electron chi connectivity index (χ4n) is 1.71. The Bertz CT molecular complexity index is 678. The number of rotatable bonds is 5. The van der Waals surface area contributed by atoms with Crippen LogP contribution in [0.1, 0.15) is 26.7 Å². The van der Waals surface area contributed by atoms with Crippen LogP contribution in [0.3, 0.4) is 0 Å². The van der Waals surface area contributed by atoms with Gasteiger partial charge >= 0.3 is 5.97 Å². The van der Waals surface area contributed by atoms with Gasteiger partial charge in [-0.1, -0.05) is 0 Å². The SMILES string of the molecule is COc1ccc(N)c(C(=O)NCc2ccc(C(=O)O)o2)c1. The van der Waals surface area contributed by atoms with E-state index in [2.05, 4.69) is 5.32 Å². The third-order valence-electron chi connectivity index (χ3n) is 2.80. The Morgan fingerprint density at radius 2 is 2.10 bits per heavy atom. The number of benzene rings is 1. The van der Waals surface area contributed by atoms with E-state index < -0.39 is 11.9 Å². The topological polar surface area (TPSA) is 115 Å². The molecule has 4 N–H and O–H groups in total. The Morgan fingerprint density at radius 3 is 2.71 bits per heavy atom. The third-order valence-corrected chi connectivity index (χ3v) is 2.80. The number of hydrogen-bond donors (Lipinski definition) is 3. The molecule has 0 aliphatic carbocycles. The second-order valence-corrected chi connectivity index (χ2v) is 4.21. The molecule has 1 amide bonds. The number of nitrogens with one attached hydrogen (secondary N) is 1. The zero-order chi connectivity index (χ0) is 15.4. The molecule has 0 bridgehead atoms. The number of carbonyl (C=O) groups is 2. The second kappa shape index (κ2) is 6.00. The molecule has 0 unspecified atom stereocenters. The minimum atomic E-state index is -1.16. The first-order chi connectivity index (χ1) is 10.0. The zero-order valence-corrected chi connectivity index (χ0v) is 11.3. The van der Waals surface area contributed by atoms with Crippen LogP contribution < -0.4 is 15.8 Å². The molecule has 110 valence electrons. The minimum Gasteiger partial charge on any atom is -0.497 e. The highest BCUT2D eigenvalue weighted by molar-refractivity contribution is 5.99. The van der Waals surface area contributed by atoms with Crippen molar-refractivity contribution in [2.24, 2.45) is 0 Å². The Balaban J connectivity index is 2.05. The van der Waals surface area contributed by atoms with Crippen LogP contribution in [-0.2, 0) is 6.54 Å². The quantitative estimate of drug-likeness (QED) is 0.719. The Hall–Kier alpha value is -2.96. The molecule has 0 aliphatic heterocycles. The van der Waals surface area contributed by atoms with E-state index in [0.717, 1.165) is 0 Å². The molecule has 21 heavy (non-hydrogen) atoms. The third kappa shape index (κ3) is 3.33. The predicted octanol–water partition coefficient (Wildman–Crippen LogP) is 1.50. The number of hydrogen-bond acceptors (Lipinski definition) is 5. The van der Waals surface area contributed by atoms with Crippen LogP contribution in [0, 0.1) is 0 Å². The zero-order valence-electron chi connectivity index (χ0n) is 11.3. The molecule has 0 saturated heterocycles. The summed E-state index contributed by atoms with van der Waals surface area (Å²) in [4.78, 5) is 22.7. The number of nitrogens with two attached hydrogens (primary N) is 1. The highest BCUT2D eigenvalue weighted by atomic mass is 16.5. The monoisotopic (exact) mass is 290 g/mol. The second-order valence-electron chi connectivity index (χ2n) is 4.21. The smallest absolute Gasteiger partial charge is 0.371 e. The van der Waals surface area contributed by atoms with Crippen LogP contribution in [0.4, 0.5) is 5.69 Å². The van der Waals surface area contributed by atoms with Crippen LogP contribution in [-0.4, -0.2) is 24.1 Å². The maximum absolute atomic E-state index is 12.0. The van der Waals surface area contributed by atoms with Gasteiger partial charge in [-0.25, -0.2) is 4.79 Å². The van der Waals surface area contributed by atoms with E-state index in [1.807, 2.05) is 0 Å². The summed E-state index contributed by atoms with van der Waals surface area (Å²) in [7, 11) is 1.49. The molecule has 2 aromatic rings. The van der Waals surface area contributed by atoms with Crippen LogP contribution in [0.5, 0.6) is 5.75 Å². The molecule has 7 heteroatoms. The Kier molecular flexibility index (Phi) is 4.13. The van der Waals surface area contributed by atoms with Crippen molar-refractivity contribution in [1.82, 2.24) is 5.32 Å². The van der Waals surface area contributed by atoms with E-state index >= 15 is 0 Å². The molecule has 0 spiro atoms. The number of methoxy groups -OCH3 is 1. The van der Waals surface area contributed by atoms with Gasteiger partial charge in [0.15, 0.2) is 0 Å². The van der Waals surface area contributed by atoms with E-state index in [0.29, 0.717) is 17.2 Å². The number of amides is 1. The van der Waals surface area contributed by atoms with E-state index in [1.165, 1.54) is 25.3 Å². The molecule has 0 saturated carbocycles. The normalized spacial score (nSPS) is 10.1. The summed E-state index contributed by atoms with van der Waals surface area (Å²) in [5.41, 5.74) is 6.34. The summed E-state index contributed by atoms with van der Waals surface area (Å²) in [6, 6.07) is 7.55. The molecule has 0 fully saturated rings. The molecule has 0 radical (unpaired) electrons. The van der Waals surface area contributed by atoms with Crippen molar-refractivity contribution < 1.29 is 23.8 Å². The van der Waals surface area contributed by atoms with E-state index in [1.54, 1.807) is 12.1 Å². The number of carboxylic acid groups (broad SMARTS) is 1. The van der Waals surface area contributed by atoms with Crippen LogP contribution in [0.15, 0.2) is 34.7 Å². The molecule has 2 rings (SSSR count). The summed E-state index contributed by atoms with van der Waals surface area (Å²) in [6.07, 6.45) is 0. The highest BCUT2D eigenvalue weighted by Gasteiger charge is 2.13. The van der Waals surface area contributed by atoms with E-state index in [-0.39, 0.29) is 17.9 Å². The first-order valence-corrected chi connectivity index (χ1v) is 6.05. The largest absolute Gasteiger partial charge is 0.497 e. The fraction of sp³-hybridized carbons (Fsp3) is 0.143. The minimum absolute atomic E-state index is 0.0583. The van der Waals surface area contributed by atoms with Crippen LogP contribution >= 0.6 is 0 Å². The number of furan rings is 1. The van der Waals surface area contributed by atoms with Gasteiger partial charge in [-0.15, -0.1) is 0 Å².